The number of sulfone groups is 1. The van der Waals surface area contributed by atoms with Gasteiger partial charge in [-0.1, -0.05) is 0 Å². The minimum Gasteiger partial charge on any atom is -0.286 e. The number of nitrogens with one attached hydrogen (secondary N) is 1. The third-order valence-corrected chi connectivity index (χ3v) is 6.43. The summed E-state index contributed by atoms with van der Waals surface area (Å²) in [6.45, 7) is 3.86. The van der Waals surface area contributed by atoms with Gasteiger partial charge in [0.05, 0.1) is 35.0 Å². The molecule has 1 amide bonds. The van der Waals surface area contributed by atoms with Crippen LogP contribution in [-0.2, 0) is 14.6 Å². The molecule has 0 aliphatic carbocycles. The number of hydrazone groups is 1. The first-order valence-corrected chi connectivity index (χ1v) is 9.54. The van der Waals surface area contributed by atoms with Crippen molar-refractivity contribution in [2.24, 2.45) is 11.0 Å². The van der Waals surface area contributed by atoms with Gasteiger partial charge in [0, 0.05) is 11.1 Å². The van der Waals surface area contributed by atoms with Crippen LogP contribution in [0.25, 0.3) is 4.96 Å². The largest absolute Gasteiger partial charge is 0.286 e. The summed E-state index contributed by atoms with van der Waals surface area (Å²) in [6.07, 6.45) is 1.92. The van der Waals surface area contributed by atoms with E-state index >= 15 is 0 Å². The maximum atomic E-state index is 11.9. The molecule has 7 nitrogen and oxygen atoms in total. The highest BCUT2D eigenvalue weighted by Gasteiger charge is 2.32. The average molecular weight is 340 g/mol. The molecule has 1 atom stereocenters. The lowest BCUT2D eigenvalue weighted by atomic mass is 10.1. The van der Waals surface area contributed by atoms with Crippen molar-refractivity contribution in [3.63, 3.8) is 0 Å². The molecule has 22 heavy (non-hydrogen) atoms. The maximum absolute atomic E-state index is 11.9. The zero-order valence-electron chi connectivity index (χ0n) is 12.2. The summed E-state index contributed by atoms with van der Waals surface area (Å²) in [4.78, 5) is 17.2. The highest BCUT2D eigenvalue weighted by Crippen LogP contribution is 2.20. The van der Waals surface area contributed by atoms with Crippen LogP contribution in [0, 0.1) is 19.8 Å². The number of nitrogens with zero attached hydrogens (tertiary/aromatic N) is 3. The normalized spacial score (nSPS) is 20.9. The second-order valence-electron chi connectivity index (χ2n) is 5.41. The molecule has 9 heteroatoms. The molecule has 1 saturated heterocycles. The van der Waals surface area contributed by atoms with Gasteiger partial charge in [0.1, 0.15) is 0 Å². The zero-order valence-corrected chi connectivity index (χ0v) is 13.9. The van der Waals surface area contributed by atoms with Gasteiger partial charge in [-0.25, -0.2) is 18.8 Å². The number of imidazole rings is 1. The Kier molecular flexibility index (Phi) is 3.77. The summed E-state index contributed by atoms with van der Waals surface area (Å²) in [7, 11) is -3.07. The third-order valence-electron chi connectivity index (χ3n) is 3.72. The van der Waals surface area contributed by atoms with Gasteiger partial charge in [0.15, 0.2) is 14.8 Å². The maximum Gasteiger partial charge on any atom is 0.244 e. The summed E-state index contributed by atoms with van der Waals surface area (Å²) < 4.78 is 24.7. The van der Waals surface area contributed by atoms with E-state index in [0.717, 1.165) is 22.0 Å². The summed E-state index contributed by atoms with van der Waals surface area (Å²) in [5.41, 5.74) is 5.13. The van der Waals surface area contributed by atoms with Gasteiger partial charge in [0.2, 0.25) is 5.91 Å². The molecule has 2 aromatic rings. The lowest BCUT2D eigenvalue weighted by Crippen LogP contribution is -2.27. The number of aryl methyl sites for hydroxylation is 2. The fourth-order valence-corrected chi connectivity index (χ4v) is 5.19. The molecule has 0 bridgehead atoms. The molecule has 0 unspecified atom stereocenters. The van der Waals surface area contributed by atoms with Crippen LogP contribution in [0.2, 0.25) is 0 Å². The van der Waals surface area contributed by atoms with Gasteiger partial charge in [-0.3, -0.25) is 9.20 Å². The van der Waals surface area contributed by atoms with Gasteiger partial charge in [-0.15, -0.1) is 11.3 Å². The number of rotatable bonds is 3. The number of thiazole rings is 1. The third kappa shape index (κ3) is 2.78. The van der Waals surface area contributed by atoms with Crippen LogP contribution in [0.5, 0.6) is 0 Å². The van der Waals surface area contributed by atoms with Gasteiger partial charge in [-0.05, 0) is 20.3 Å². The molecule has 0 spiro atoms. The topological polar surface area (TPSA) is 92.9 Å². The Morgan fingerprint density at radius 2 is 2.32 bits per heavy atom. The van der Waals surface area contributed by atoms with E-state index in [1.165, 1.54) is 0 Å². The predicted molar refractivity (Wildman–Crippen MR) is 85.0 cm³/mol. The van der Waals surface area contributed by atoms with Crippen molar-refractivity contribution >= 4 is 38.3 Å². The molecule has 1 aliphatic rings. The number of amides is 1. The van der Waals surface area contributed by atoms with Crippen molar-refractivity contribution in [1.82, 2.24) is 14.8 Å². The molecule has 3 heterocycles. The number of fused-ring (bicyclic) bond motifs is 1. The number of carbonyl (C=O) groups is 1. The standard InChI is InChI=1S/C13H16N4O3S2/c1-8-6-21-13-15-9(2)11(17(8)13)5-14-16-12(18)10-3-4-22(19,20)7-10/h5-6,10H,3-4,7H2,1-2H3,(H,16,18)/b14-5-/t10-/m0/s1. The molecule has 1 aliphatic heterocycles. The molecule has 118 valence electrons. The smallest absolute Gasteiger partial charge is 0.244 e. The first-order valence-electron chi connectivity index (χ1n) is 6.84. The van der Waals surface area contributed by atoms with Crippen LogP contribution >= 0.6 is 11.3 Å². The Bertz CT molecular complexity index is 863. The van der Waals surface area contributed by atoms with Crippen molar-refractivity contribution in [1.29, 1.82) is 0 Å². The SMILES string of the molecule is Cc1nc2scc(C)n2c1/C=N\NC(=O)[C@H]1CCS(=O)(=O)C1. The van der Waals surface area contributed by atoms with Gasteiger partial charge >= 0.3 is 0 Å². The molecule has 0 radical (unpaired) electrons. The number of hydrogen-bond acceptors (Lipinski definition) is 6. The minimum absolute atomic E-state index is 0.0747. The quantitative estimate of drug-likeness (QED) is 0.663. The molecule has 1 fully saturated rings. The van der Waals surface area contributed by atoms with Crippen LogP contribution in [0.1, 0.15) is 23.5 Å². The second kappa shape index (κ2) is 5.47. The zero-order chi connectivity index (χ0) is 15.9. The summed E-state index contributed by atoms with van der Waals surface area (Å²) in [6, 6.07) is 0. The van der Waals surface area contributed by atoms with Gasteiger partial charge in [-0.2, -0.15) is 5.10 Å². The summed E-state index contributed by atoms with van der Waals surface area (Å²) in [5.74, 6) is -0.867. The number of hydrogen-bond donors (Lipinski definition) is 1. The van der Waals surface area contributed by atoms with E-state index in [4.69, 9.17) is 0 Å². The van der Waals surface area contributed by atoms with E-state index in [0.29, 0.717) is 6.42 Å². The van der Waals surface area contributed by atoms with Crippen molar-refractivity contribution < 1.29 is 13.2 Å². The lowest BCUT2D eigenvalue weighted by molar-refractivity contribution is -0.124. The van der Waals surface area contributed by atoms with Gasteiger partial charge in [0.25, 0.3) is 0 Å². The van der Waals surface area contributed by atoms with E-state index in [1.807, 2.05) is 23.6 Å². The van der Waals surface area contributed by atoms with Crippen molar-refractivity contribution in [2.45, 2.75) is 20.3 Å². The van der Waals surface area contributed by atoms with Crippen LogP contribution < -0.4 is 5.43 Å². The average Bonchev–Trinajstić information content (AvgIpc) is 3.07. The minimum atomic E-state index is -3.07. The van der Waals surface area contributed by atoms with E-state index in [1.54, 1.807) is 17.6 Å². The highest BCUT2D eigenvalue weighted by atomic mass is 32.2. The van der Waals surface area contributed by atoms with E-state index in [-0.39, 0.29) is 17.4 Å². The number of aromatic nitrogens is 2. The molecule has 0 saturated carbocycles. The van der Waals surface area contributed by atoms with Crippen LogP contribution in [-0.4, -0.2) is 41.4 Å². The van der Waals surface area contributed by atoms with Crippen LogP contribution in [0.3, 0.4) is 0 Å². The molecule has 1 N–H and O–H groups in total. The molecular weight excluding hydrogens is 324 g/mol. The Morgan fingerprint density at radius 1 is 1.55 bits per heavy atom. The predicted octanol–water partition coefficient (Wildman–Crippen LogP) is 0.897. The molecule has 0 aromatic carbocycles. The lowest BCUT2D eigenvalue weighted by Gasteiger charge is -2.04. The summed E-state index contributed by atoms with van der Waals surface area (Å²) >= 11 is 1.55. The van der Waals surface area contributed by atoms with Crippen LogP contribution in [0.4, 0.5) is 0 Å². The Labute approximate surface area is 132 Å². The highest BCUT2D eigenvalue weighted by molar-refractivity contribution is 7.91. The van der Waals surface area contributed by atoms with Crippen LogP contribution in [0.15, 0.2) is 10.5 Å². The Balaban J connectivity index is 1.73. The fourth-order valence-electron chi connectivity index (χ4n) is 2.53. The van der Waals surface area contributed by atoms with Gasteiger partial charge < -0.3 is 0 Å². The van der Waals surface area contributed by atoms with E-state index in [9.17, 15) is 13.2 Å². The van der Waals surface area contributed by atoms with Crippen molar-refractivity contribution in [2.75, 3.05) is 11.5 Å². The first kappa shape index (κ1) is 15.2. The van der Waals surface area contributed by atoms with E-state index < -0.39 is 15.8 Å². The second-order valence-corrected chi connectivity index (χ2v) is 8.48. The first-order chi connectivity index (χ1) is 10.4. The number of carbonyl (C=O) groups excluding carboxylic acids is 1. The molecule has 2 aromatic heterocycles. The Morgan fingerprint density at radius 3 is 3.00 bits per heavy atom. The molecular formula is C13H16N4O3S2. The Hall–Kier alpha value is -1.74. The van der Waals surface area contributed by atoms with Crippen molar-refractivity contribution in [3.8, 4) is 0 Å². The summed E-state index contributed by atoms with van der Waals surface area (Å²) in [5, 5.41) is 5.96. The molecule has 3 rings (SSSR count). The fraction of sp³-hybridized carbons (Fsp3) is 0.462. The monoisotopic (exact) mass is 340 g/mol. The van der Waals surface area contributed by atoms with Crippen molar-refractivity contribution in [3.05, 3.63) is 22.5 Å². The van der Waals surface area contributed by atoms with E-state index in [2.05, 4.69) is 15.5 Å².